The Balaban J connectivity index is 1.93. The van der Waals surface area contributed by atoms with Crippen LogP contribution in [0, 0.1) is 6.92 Å². The molecular weight excluding hydrogens is 354 g/mol. The van der Waals surface area contributed by atoms with Crippen LogP contribution in [0.5, 0.6) is 5.75 Å². The lowest BCUT2D eigenvalue weighted by Crippen LogP contribution is -1.96. The molecular formula is C27H23NO. The van der Waals surface area contributed by atoms with Gasteiger partial charge in [0.25, 0.3) is 0 Å². The van der Waals surface area contributed by atoms with Crippen LogP contribution >= 0.6 is 0 Å². The van der Waals surface area contributed by atoms with Crippen molar-refractivity contribution in [2.45, 2.75) is 6.92 Å². The standard InChI is InChI=1S/C27H23NO/c1-20-13-15-23(16-14-20)28-19-27-25(21-9-5-3-6-10-21)17-24(29-2)18-26(27)22-11-7-4-8-12-22/h3-19H,1-2H3. The molecule has 2 heteroatoms. The van der Waals surface area contributed by atoms with E-state index in [9.17, 15) is 0 Å². The fourth-order valence-electron chi connectivity index (χ4n) is 3.37. The number of aliphatic imine (C=N–C) groups is 1. The summed E-state index contributed by atoms with van der Waals surface area (Å²) in [4.78, 5) is 4.78. The highest BCUT2D eigenvalue weighted by Gasteiger charge is 2.13. The van der Waals surface area contributed by atoms with Crippen LogP contribution in [-0.4, -0.2) is 13.3 Å². The summed E-state index contributed by atoms with van der Waals surface area (Å²) >= 11 is 0. The summed E-state index contributed by atoms with van der Waals surface area (Å²) in [6.07, 6.45) is 1.97. The molecule has 4 aromatic carbocycles. The van der Waals surface area contributed by atoms with Gasteiger partial charge in [0.2, 0.25) is 0 Å². The highest BCUT2D eigenvalue weighted by molar-refractivity contribution is 6.00. The van der Waals surface area contributed by atoms with Gasteiger partial charge in [-0.15, -0.1) is 0 Å². The van der Waals surface area contributed by atoms with Crippen LogP contribution in [0.1, 0.15) is 11.1 Å². The molecule has 0 fully saturated rings. The summed E-state index contributed by atoms with van der Waals surface area (Å²) in [6, 6.07) is 33.2. The van der Waals surface area contributed by atoms with Crippen LogP contribution in [0.15, 0.2) is 102 Å². The van der Waals surface area contributed by atoms with Gasteiger partial charge in [-0.2, -0.15) is 0 Å². The zero-order valence-corrected chi connectivity index (χ0v) is 16.7. The van der Waals surface area contributed by atoms with Crippen molar-refractivity contribution in [1.82, 2.24) is 0 Å². The lowest BCUT2D eigenvalue weighted by atomic mass is 9.92. The van der Waals surface area contributed by atoms with Gasteiger partial charge in [-0.1, -0.05) is 78.4 Å². The fraction of sp³-hybridized carbons (Fsp3) is 0.0741. The van der Waals surface area contributed by atoms with Crippen LogP contribution in [0.4, 0.5) is 5.69 Å². The average molecular weight is 377 g/mol. The number of hydrogen-bond donors (Lipinski definition) is 0. The SMILES string of the molecule is COc1cc(-c2ccccc2)c(C=Nc2ccc(C)cc2)c(-c2ccccc2)c1. The lowest BCUT2D eigenvalue weighted by molar-refractivity contribution is 0.415. The Morgan fingerprint density at radius 2 is 1.21 bits per heavy atom. The molecule has 4 rings (SSSR count). The zero-order chi connectivity index (χ0) is 20.1. The van der Waals surface area contributed by atoms with Gasteiger partial charge in [0, 0.05) is 11.8 Å². The van der Waals surface area contributed by atoms with Gasteiger partial charge in [-0.05, 0) is 53.4 Å². The number of benzene rings is 4. The van der Waals surface area contributed by atoms with Crippen molar-refractivity contribution >= 4 is 11.9 Å². The Bertz CT molecular complexity index is 1050. The molecule has 0 aliphatic heterocycles. The maximum Gasteiger partial charge on any atom is 0.120 e. The zero-order valence-electron chi connectivity index (χ0n) is 16.7. The molecule has 0 spiro atoms. The molecule has 0 aliphatic rings. The number of rotatable bonds is 5. The first-order valence-corrected chi connectivity index (χ1v) is 9.68. The topological polar surface area (TPSA) is 21.6 Å². The van der Waals surface area contributed by atoms with E-state index in [0.717, 1.165) is 39.3 Å². The molecule has 0 heterocycles. The van der Waals surface area contributed by atoms with Gasteiger partial charge in [0.15, 0.2) is 0 Å². The van der Waals surface area contributed by atoms with Crippen molar-refractivity contribution in [2.75, 3.05) is 7.11 Å². The summed E-state index contributed by atoms with van der Waals surface area (Å²) in [5.41, 5.74) is 7.69. The summed E-state index contributed by atoms with van der Waals surface area (Å²) in [5, 5.41) is 0. The molecule has 0 saturated heterocycles. The molecule has 0 aromatic heterocycles. The first kappa shape index (κ1) is 18.7. The van der Waals surface area contributed by atoms with Gasteiger partial charge in [-0.25, -0.2) is 0 Å². The van der Waals surface area contributed by atoms with Crippen molar-refractivity contribution in [3.63, 3.8) is 0 Å². The van der Waals surface area contributed by atoms with Gasteiger partial charge < -0.3 is 4.74 Å². The first-order valence-electron chi connectivity index (χ1n) is 9.68. The lowest BCUT2D eigenvalue weighted by Gasteiger charge is -2.15. The van der Waals surface area contributed by atoms with E-state index in [1.807, 2.05) is 30.5 Å². The average Bonchev–Trinajstić information content (AvgIpc) is 2.79. The third-order valence-corrected chi connectivity index (χ3v) is 4.94. The van der Waals surface area contributed by atoms with Crippen LogP contribution in [0.3, 0.4) is 0 Å². The van der Waals surface area contributed by atoms with E-state index in [1.165, 1.54) is 5.56 Å². The molecule has 0 aliphatic carbocycles. The Morgan fingerprint density at radius 3 is 1.69 bits per heavy atom. The van der Waals surface area contributed by atoms with Crippen LogP contribution in [-0.2, 0) is 0 Å². The second kappa shape index (κ2) is 8.57. The van der Waals surface area contributed by atoms with E-state index >= 15 is 0 Å². The fourth-order valence-corrected chi connectivity index (χ4v) is 3.37. The highest BCUT2D eigenvalue weighted by atomic mass is 16.5. The van der Waals surface area contributed by atoms with Crippen LogP contribution in [0.25, 0.3) is 22.3 Å². The van der Waals surface area contributed by atoms with Crippen LogP contribution in [0.2, 0.25) is 0 Å². The maximum absolute atomic E-state index is 5.62. The van der Waals surface area contributed by atoms with E-state index in [-0.39, 0.29) is 0 Å². The normalized spacial score (nSPS) is 11.0. The largest absolute Gasteiger partial charge is 0.497 e. The van der Waals surface area contributed by atoms with E-state index in [2.05, 4.69) is 79.7 Å². The molecule has 4 aromatic rings. The van der Waals surface area contributed by atoms with E-state index in [0.29, 0.717) is 0 Å². The molecule has 0 radical (unpaired) electrons. The Morgan fingerprint density at radius 1 is 0.690 bits per heavy atom. The van der Waals surface area contributed by atoms with Gasteiger partial charge >= 0.3 is 0 Å². The summed E-state index contributed by atoms with van der Waals surface area (Å²) in [7, 11) is 1.71. The van der Waals surface area contributed by atoms with E-state index in [1.54, 1.807) is 7.11 Å². The van der Waals surface area contributed by atoms with Crippen LogP contribution < -0.4 is 4.74 Å². The monoisotopic (exact) mass is 377 g/mol. The molecule has 29 heavy (non-hydrogen) atoms. The molecule has 0 atom stereocenters. The number of nitrogens with zero attached hydrogens (tertiary/aromatic N) is 1. The van der Waals surface area contributed by atoms with Crippen molar-refractivity contribution < 1.29 is 4.74 Å². The highest BCUT2D eigenvalue weighted by Crippen LogP contribution is 2.36. The van der Waals surface area contributed by atoms with Crippen molar-refractivity contribution in [3.8, 4) is 28.0 Å². The van der Waals surface area contributed by atoms with Crippen molar-refractivity contribution in [3.05, 3.63) is 108 Å². The molecule has 142 valence electrons. The predicted molar refractivity (Wildman–Crippen MR) is 122 cm³/mol. The maximum atomic E-state index is 5.62. The second-order valence-electron chi connectivity index (χ2n) is 6.96. The summed E-state index contributed by atoms with van der Waals surface area (Å²) < 4.78 is 5.62. The third-order valence-electron chi connectivity index (χ3n) is 4.94. The predicted octanol–water partition coefficient (Wildman–Crippen LogP) is 7.09. The minimum absolute atomic E-state index is 0.829. The van der Waals surface area contributed by atoms with Crippen molar-refractivity contribution in [1.29, 1.82) is 0 Å². The Hall–Kier alpha value is -3.65. The third kappa shape index (κ3) is 4.27. The molecule has 0 saturated carbocycles. The molecule has 2 nitrogen and oxygen atoms in total. The quantitative estimate of drug-likeness (QED) is 0.340. The second-order valence-corrected chi connectivity index (χ2v) is 6.96. The van der Waals surface area contributed by atoms with E-state index < -0.39 is 0 Å². The van der Waals surface area contributed by atoms with Gasteiger partial charge in [0.1, 0.15) is 5.75 Å². The first-order chi connectivity index (χ1) is 14.2. The molecule has 0 unspecified atom stereocenters. The number of aryl methyl sites for hydroxylation is 1. The summed E-state index contributed by atoms with van der Waals surface area (Å²) in [5.74, 6) is 0.829. The molecule has 0 N–H and O–H groups in total. The Kier molecular flexibility index (Phi) is 5.53. The molecule has 0 amide bonds. The molecule has 0 bridgehead atoms. The van der Waals surface area contributed by atoms with Gasteiger partial charge in [0.05, 0.1) is 12.8 Å². The number of ether oxygens (including phenoxy) is 1. The van der Waals surface area contributed by atoms with Gasteiger partial charge in [-0.3, -0.25) is 4.99 Å². The minimum atomic E-state index is 0.829. The van der Waals surface area contributed by atoms with E-state index in [4.69, 9.17) is 9.73 Å². The summed E-state index contributed by atoms with van der Waals surface area (Å²) in [6.45, 7) is 2.08. The number of hydrogen-bond acceptors (Lipinski definition) is 2. The smallest absolute Gasteiger partial charge is 0.120 e. The number of methoxy groups -OCH3 is 1. The van der Waals surface area contributed by atoms with Crippen molar-refractivity contribution in [2.24, 2.45) is 4.99 Å². The minimum Gasteiger partial charge on any atom is -0.497 e. The Labute approximate surface area is 172 Å².